The van der Waals surface area contributed by atoms with Crippen molar-refractivity contribution in [1.82, 2.24) is 4.98 Å². The maximum Gasteiger partial charge on any atom is 0.495 e. The van der Waals surface area contributed by atoms with Gasteiger partial charge in [0.1, 0.15) is 16.7 Å². The van der Waals surface area contributed by atoms with Crippen LogP contribution in [-0.2, 0) is 9.31 Å². The molecule has 5 aromatic rings. The average Bonchev–Trinajstić information content (AvgIpc) is 3.37. The summed E-state index contributed by atoms with van der Waals surface area (Å²) in [4.78, 5) is 4.72. The van der Waals surface area contributed by atoms with Gasteiger partial charge in [0.05, 0.1) is 11.2 Å². The SMILES string of the molecule is CC1(C)OB(c2cccc3oc4cc5oc(-c6ccccc6)nc5cc4c23)OC1(C)C. The third-order valence-corrected chi connectivity index (χ3v) is 6.57. The highest BCUT2D eigenvalue weighted by Crippen LogP contribution is 2.39. The fourth-order valence-corrected chi connectivity index (χ4v) is 4.15. The first kappa shape index (κ1) is 18.7. The van der Waals surface area contributed by atoms with E-state index in [1.807, 2.05) is 60.7 Å². The van der Waals surface area contributed by atoms with Crippen molar-refractivity contribution < 1.29 is 18.1 Å². The molecule has 0 atom stereocenters. The molecule has 5 nitrogen and oxygen atoms in total. The summed E-state index contributed by atoms with van der Waals surface area (Å²) < 4.78 is 24.9. The van der Waals surface area contributed by atoms with E-state index in [2.05, 4.69) is 27.7 Å². The van der Waals surface area contributed by atoms with Crippen LogP contribution in [-0.4, -0.2) is 23.3 Å². The summed E-state index contributed by atoms with van der Waals surface area (Å²) in [5.74, 6) is 0.596. The topological polar surface area (TPSA) is 57.6 Å². The zero-order valence-corrected chi connectivity index (χ0v) is 17.9. The maximum absolute atomic E-state index is 6.33. The minimum atomic E-state index is -0.470. The maximum atomic E-state index is 6.33. The van der Waals surface area contributed by atoms with Gasteiger partial charge in [0.2, 0.25) is 5.89 Å². The number of nitrogens with zero attached hydrogens (tertiary/aromatic N) is 1. The fraction of sp³-hybridized carbons (Fsp3) is 0.240. The quantitative estimate of drug-likeness (QED) is 0.349. The minimum Gasteiger partial charge on any atom is -0.456 e. The van der Waals surface area contributed by atoms with Crippen LogP contribution in [0.25, 0.3) is 44.5 Å². The van der Waals surface area contributed by atoms with E-state index in [0.29, 0.717) is 11.5 Å². The van der Waals surface area contributed by atoms with E-state index in [4.69, 9.17) is 23.1 Å². The number of oxazole rings is 1. The number of benzene rings is 3. The second kappa shape index (κ2) is 6.22. The van der Waals surface area contributed by atoms with Crippen molar-refractivity contribution in [2.45, 2.75) is 38.9 Å². The molecule has 31 heavy (non-hydrogen) atoms. The molecule has 0 radical (unpaired) electrons. The normalized spacial score (nSPS) is 17.9. The van der Waals surface area contributed by atoms with Gasteiger partial charge < -0.3 is 18.1 Å². The molecule has 6 heteroatoms. The van der Waals surface area contributed by atoms with Crippen LogP contribution in [0.4, 0.5) is 0 Å². The lowest BCUT2D eigenvalue weighted by Crippen LogP contribution is -2.41. The molecule has 1 aliphatic heterocycles. The molecule has 6 rings (SSSR count). The van der Waals surface area contributed by atoms with Gasteiger partial charge in [0.15, 0.2) is 5.58 Å². The Bertz CT molecular complexity index is 1430. The highest BCUT2D eigenvalue weighted by molar-refractivity contribution is 6.66. The van der Waals surface area contributed by atoms with E-state index in [0.717, 1.165) is 38.5 Å². The zero-order chi connectivity index (χ0) is 21.4. The Hall–Kier alpha value is -3.09. The number of furan rings is 1. The molecule has 0 saturated carbocycles. The second-order valence-corrected chi connectivity index (χ2v) is 9.11. The molecule has 2 aromatic heterocycles. The van der Waals surface area contributed by atoms with Crippen LogP contribution < -0.4 is 5.46 Å². The minimum absolute atomic E-state index is 0.413. The predicted molar refractivity (Wildman–Crippen MR) is 122 cm³/mol. The summed E-state index contributed by atoms with van der Waals surface area (Å²) in [5.41, 5.74) is 4.10. The Morgan fingerprint density at radius 3 is 2.23 bits per heavy atom. The Morgan fingerprint density at radius 1 is 0.742 bits per heavy atom. The molecule has 154 valence electrons. The Balaban J connectivity index is 1.54. The smallest absolute Gasteiger partial charge is 0.456 e. The van der Waals surface area contributed by atoms with Crippen molar-refractivity contribution in [1.29, 1.82) is 0 Å². The van der Waals surface area contributed by atoms with E-state index >= 15 is 0 Å². The summed E-state index contributed by atoms with van der Waals surface area (Å²) in [7, 11) is -0.470. The number of hydrogen-bond donors (Lipinski definition) is 0. The summed E-state index contributed by atoms with van der Waals surface area (Å²) in [6, 6.07) is 19.8. The highest BCUT2D eigenvalue weighted by atomic mass is 16.7. The van der Waals surface area contributed by atoms with Crippen LogP contribution in [0.3, 0.4) is 0 Å². The molecule has 0 aliphatic carbocycles. The van der Waals surface area contributed by atoms with E-state index in [9.17, 15) is 0 Å². The molecule has 0 spiro atoms. The van der Waals surface area contributed by atoms with E-state index in [1.165, 1.54) is 0 Å². The summed E-state index contributed by atoms with van der Waals surface area (Å²) in [6.07, 6.45) is 0. The number of rotatable bonds is 2. The van der Waals surface area contributed by atoms with E-state index < -0.39 is 18.3 Å². The zero-order valence-electron chi connectivity index (χ0n) is 17.9. The van der Waals surface area contributed by atoms with Crippen LogP contribution in [0.5, 0.6) is 0 Å². The molecule has 0 bridgehead atoms. The standard InChI is InChI=1S/C25H22BNO4/c1-24(2)25(3,4)31-26(30-24)17-11-8-12-19-22(17)16-13-18-21(14-20(16)28-19)29-23(27-18)15-9-6-5-7-10-15/h5-14H,1-4H3. The molecule has 0 amide bonds. The largest absolute Gasteiger partial charge is 0.495 e. The van der Waals surface area contributed by atoms with Gasteiger partial charge in [0.25, 0.3) is 0 Å². The van der Waals surface area contributed by atoms with Gasteiger partial charge in [-0.25, -0.2) is 4.98 Å². The van der Waals surface area contributed by atoms with Crippen LogP contribution in [0.2, 0.25) is 0 Å². The molecule has 1 aliphatic rings. The first-order valence-electron chi connectivity index (χ1n) is 10.5. The number of fused-ring (bicyclic) bond motifs is 4. The summed E-state index contributed by atoms with van der Waals surface area (Å²) >= 11 is 0. The first-order chi connectivity index (χ1) is 14.8. The molecule has 3 aromatic carbocycles. The van der Waals surface area contributed by atoms with Crippen LogP contribution in [0.1, 0.15) is 27.7 Å². The van der Waals surface area contributed by atoms with Gasteiger partial charge in [-0.3, -0.25) is 0 Å². The van der Waals surface area contributed by atoms with Gasteiger partial charge in [-0.1, -0.05) is 30.3 Å². The lowest BCUT2D eigenvalue weighted by atomic mass is 9.76. The van der Waals surface area contributed by atoms with E-state index in [-0.39, 0.29) is 0 Å². The van der Waals surface area contributed by atoms with Gasteiger partial charge in [-0.05, 0) is 57.4 Å². The predicted octanol–water partition coefficient (Wildman–Crippen LogP) is 5.69. The third kappa shape index (κ3) is 2.75. The van der Waals surface area contributed by atoms with Crippen LogP contribution in [0, 0.1) is 0 Å². The van der Waals surface area contributed by atoms with Gasteiger partial charge in [-0.15, -0.1) is 0 Å². The molecule has 1 fully saturated rings. The van der Waals surface area contributed by atoms with Crippen molar-refractivity contribution in [3.8, 4) is 11.5 Å². The van der Waals surface area contributed by atoms with Crippen LogP contribution >= 0.6 is 0 Å². The summed E-state index contributed by atoms with van der Waals surface area (Å²) in [6.45, 7) is 8.24. The highest BCUT2D eigenvalue weighted by Gasteiger charge is 2.52. The lowest BCUT2D eigenvalue weighted by molar-refractivity contribution is 0.00578. The fourth-order valence-electron chi connectivity index (χ4n) is 4.15. The summed E-state index contributed by atoms with van der Waals surface area (Å²) in [5, 5.41) is 1.96. The molecule has 0 unspecified atom stereocenters. The number of aromatic nitrogens is 1. The van der Waals surface area contributed by atoms with Crippen molar-refractivity contribution in [3.05, 3.63) is 60.7 Å². The van der Waals surface area contributed by atoms with Crippen molar-refractivity contribution in [3.63, 3.8) is 0 Å². The van der Waals surface area contributed by atoms with Crippen LogP contribution in [0.15, 0.2) is 69.5 Å². The molecular formula is C25H22BNO4. The molecule has 0 N–H and O–H groups in total. The van der Waals surface area contributed by atoms with Crippen molar-refractivity contribution >= 4 is 45.6 Å². The van der Waals surface area contributed by atoms with Gasteiger partial charge in [-0.2, -0.15) is 0 Å². The lowest BCUT2D eigenvalue weighted by Gasteiger charge is -2.32. The second-order valence-electron chi connectivity index (χ2n) is 9.11. The monoisotopic (exact) mass is 411 g/mol. The van der Waals surface area contributed by atoms with Crippen molar-refractivity contribution in [2.75, 3.05) is 0 Å². The Morgan fingerprint density at radius 2 is 1.48 bits per heavy atom. The average molecular weight is 411 g/mol. The van der Waals surface area contributed by atoms with E-state index in [1.54, 1.807) is 0 Å². The Labute approximate surface area is 180 Å². The first-order valence-corrected chi connectivity index (χ1v) is 10.5. The Kier molecular flexibility index (Phi) is 3.74. The van der Waals surface area contributed by atoms with Gasteiger partial charge in [0, 0.05) is 22.4 Å². The third-order valence-electron chi connectivity index (χ3n) is 6.57. The number of hydrogen-bond acceptors (Lipinski definition) is 5. The molecule has 1 saturated heterocycles. The van der Waals surface area contributed by atoms with Gasteiger partial charge >= 0.3 is 7.12 Å². The molecular weight excluding hydrogens is 389 g/mol. The molecule has 3 heterocycles. The van der Waals surface area contributed by atoms with Crippen molar-refractivity contribution in [2.24, 2.45) is 0 Å².